The lowest BCUT2D eigenvalue weighted by molar-refractivity contribution is -0.134. The molecule has 0 spiro atoms. The molecule has 0 aliphatic rings. The first-order valence-electron chi connectivity index (χ1n) is 9.93. The van der Waals surface area contributed by atoms with Gasteiger partial charge in [-0.25, -0.2) is 15.0 Å². The van der Waals surface area contributed by atoms with E-state index in [1.807, 2.05) is 18.5 Å². The van der Waals surface area contributed by atoms with Crippen molar-refractivity contribution in [3.63, 3.8) is 0 Å². The van der Waals surface area contributed by atoms with Crippen LogP contribution in [0, 0.1) is 6.92 Å². The van der Waals surface area contributed by atoms with E-state index in [1.165, 1.54) is 6.07 Å². The Kier molecular flexibility index (Phi) is 4.93. The van der Waals surface area contributed by atoms with E-state index in [4.69, 9.17) is 0 Å². The summed E-state index contributed by atoms with van der Waals surface area (Å²) >= 11 is 0.654. The predicted octanol–water partition coefficient (Wildman–Crippen LogP) is 4.63. The van der Waals surface area contributed by atoms with Crippen LogP contribution in [-0.4, -0.2) is 30.0 Å². The number of nitrogens with zero attached hydrogens (tertiary/aromatic N) is 5. The average Bonchev–Trinajstić information content (AvgIpc) is 3.47. The van der Waals surface area contributed by atoms with E-state index in [1.54, 1.807) is 41.2 Å². The molecule has 168 valence electrons. The number of fused-ring (bicyclic) bond motifs is 3. The number of carbonyl (C=O) groups excluding carboxylic acids is 1. The molecule has 0 unspecified atom stereocenters. The van der Waals surface area contributed by atoms with Crippen LogP contribution in [0.1, 0.15) is 26.9 Å². The molecule has 0 aliphatic heterocycles. The monoisotopic (exact) mass is 470 g/mol. The number of aromatic nitrogens is 5. The molecule has 4 heterocycles. The highest BCUT2D eigenvalue weighted by atomic mass is 32.1. The maximum Gasteiger partial charge on any atom is 0.425 e. The van der Waals surface area contributed by atoms with Gasteiger partial charge in [0.15, 0.2) is 5.65 Å². The van der Waals surface area contributed by atoms with E-state index < -0.39 is 11.1 Å². The van der Waals surface area contributed by atoms with Crippen LogP contribution in [0.4, 0.5) is 13.2 Å². The van der Waals surface area contributed by atoms with E-state index in [0.29, 0.717) is 44.7 Å². The Balaban J connectivity index is 1.60. The van der Waals surface area contributed by atoms with Crippen molar-refractivity contribution in [2.24, 2.45) is 7.05 Å². The molecule has 0 bridgehead atoms. The summed E-state index contributed by atoms with van der Waals surface area (Å²) in [7, 11) is 1.84. The minimum Gasteiger partial charge on any atom is -0.345 e. The number of hydrogen-bond acceptors (Lipinski definition) is 5. The van der Waals surface area contributed by atoms with Crippen LogP contribution in [0.3, 0.4) is 0 Å². The van der Waals surface area contributed by atoms with Gasteiger partial charge in [0.05, 0.1) is 17.6 Å². The maximum absolute atomic E-state index is 13.2. The summed E-state index contributed by atoms with van der Waals surface area (Å²) < 4.78 is 43.2. The van der Waals surface area contributed by atoms with Crippen LogP contribution in [-0.2, 0) is 19.8 Å². The molecule has 7 nitrogen and oxygen atoms in total. The highest BCUT2D eigenvalue weighted by molar-refractivity contribution is 7.14. The number of alkyl halides is 3. The van der Waals surface area contributed by atoms with Gasteiger partial charge in [0.25, 0.3) is 5.91 Å². The van der Waals surface area contributed by atoms with Gasteiger partial charge >= 0.3 is 6.18 Å². The van der Waals surface area contributed by atoms with E-state index in [0.717, 1.165) is 17.0 Å². The number of hydrogen-bond donors (Lipinski definition) is 1. The van der Waals surface area contributed by atoms with Crippen molar-refractivity contribution in [1.29, 1.82) is 0 Å². The summed E-state index contributed by atoms with van der Waals surface area (Å²) in [5.74, 6) is 0.889. The number of rotatable bonds is 4. The van der Waals surface area contributed by atoms with Crippen molar-refractivity contribution in [2.45, 2.75) is 19.6 Å². The summed E-state index contributed by atoms with van der Waals surface area (Å²) in [4.78, 5) is 24.8. The first-order chi connectivity index (χ1) is 15.7. The van der Waals surface area contributed by atoms with Crippen LogP contribution in [0.5, 0.6) is 0 Å². The zero-order chi connectivity index (χ0) is 23.3. The number of nitrogens with one attached hydrogen (secondary N) is 1. The largest absolute Gasteiger partial charge is 0.425 e. The molecule has 0 saturated heterocycles. The number of thiophene rings is 1. The molecule has 0 radical (unpaired) electrons. The average molecular weight is 470 g/mol. The molecule has 1 N–H and O–H groups in total. The van der Waals surface area contributed by atoms with E-state index in [2.05, 4.69) is 20.3 Å². The fraction of sp³-hybridized carbons (Fsp3) is 0.182. The molecule has 11 heteroatoms. The van der Waals surface area contributed by atoms with Gasteiger partial charge in [-0.2, -0.15) is 13.2 Å². The Labute approximate surface area is 189 Å². The summed E-state index contributed by atoms with van der Waals surface area (Å²) in [5, 5.41) is 3.91. The Morgan fingerprint density at radius 3 is 2.61 bits per heavy atom. The number of amides is 1. The molecule has 0 aliphatic carbocycles. The van der Waals surface area contributed by atoms with Gasteiger partial charge in [-0.15, -0.1) is 11.3 Å². The zero-order valence-corrected chi connectivity index (χ0v) is 18.3. The Bertz CT molecular complexity index is 1500. The second-order valence-corrected chi connectivity index (χ2v) is 8.50. The lowest BCUT2D eigenvalue weighted by atomic mass is 10.1. The van der Waals surface area contributed by atoms with E-state index in [-0.39, 0.29) is 12.5 Å². The van der Waals surface area contributed by atoms with Gasteiger partial charge in [0.1, 0.15) is 21.5 Å². The van der Waals surface area contributed by atoms with Crippen molar-refractivity contribution in [3.8, 4) is 5.00 Å². The Hall–Kier alpha value is -3.73. The fourth-order valence-corrected chi connectivity index (χ4v) is 4.62. The molecule has 5 aromatic rings. The van der Waals surface area contributed by atoms with Crippen molar-refractivity contribution in [3.05, 3.63) is 70.9 Å². The first kappa shape index (κ1) is 21.1. The van der Waals surface area contributed by atoms with Crippen LogP contribution in [0.25, 0.3) is 27.1 Å². The second kappa shape index (κ2) is 7.69. The van der Waals surface area contributed by atoms with Crippen molar-refractivity contribution < 1.29 is 18.0 Å². The predicted molar refractivity (Wildman–Crippen MR) is 118 cm³/mol. The maximum atomic E-state index is 13.2. The standard InChI is InChI=1S/C22H17F3N6OS/c1-12-29-20-19(30(12)2)14-10-13(21(32)28-11-17-26-8-3-9-27-17)4-5-15(14)31(20)18-7-6-16(33-18)22(23,24)25/h3-10H,11H2,1-2H3,(H,28,32). The van der Waals surface area contributed by atoms with E-state index >= 15 is 0 Å². The molecular formula is C22H17F3N6OS. The van der Waals surface area contributed by atoms with Gasteiger partial charge in [-0.3, -0.25) is 9.36 Å². The topological polar surface area (TPSA) is 77.6 Å². The van der Waals surface area contributed by atoms with Gasteiger partial charge < -0.3 is 9.88 Å². The second-order valence-electron chi connectivity index (χ2n) is 7.44. The zero-order valence-electron chi connectivity index (χ0n) is 17.5. The van der Waals surface area contributed by atoms with Crippen molar-refractivity contribution in [2.75, 3.05) is 0 Å². The number of benzene rings is 1. The third-order valence-corrected chi connectivity index (χ3v) is 6.50. The fourth-order valence-electron chi connectivity index (χ4n) is 3.73. The summed E-state index contributed by atoms with van der Waals surface area (Å²) in [5.41, 5.74) is 2.36. The minimum atomic E-state index is -4.42. The lowest BCUT2D eigenvalue weighted by Gasteiger charge is -2.07. The summed E-state index contributed by atoms with van der Waals surface area (Å²) in [6.45, 7) is 2.00. The van der Waals surface area contributed by atoms with Gasteiger partial charge in [-0.1, -0.05) is 0 Å². The lowest BCUT2D eigenvalue weighted by Crippen LogP contribution is -2.23. The molecule has 1 amide bonds. The molecule has 0 fully saturated rings. The number of aryl methyl sites for hydroxylation is 2. The first-order valence-corrected chi connectivity index (χ1v) is 10.7. The Morgan fingerprint density at radius 2 is 1.91 bits per heavy atom. The highest BCUT2D eigenvalue weighted by Crippen LogP contribution is 2.39. The number of halogens is 3. The van der Waals surface area contributed by atoms with Gasteiger partial charge in [-0.05, 0) is 43.3 Å². The van der Waals surface area contributed by atoms with Crippen LogP contribution in [0.15, 0.2) is 48.8 Å². The highest BCUT2D eigenvalue weighted by Gasteiger charge is 2.33. The molecule has 4 aromatic heterocycles. The summed E-state index contributed by atoms with van der Waals surface area (Å²) in [6.07, 6.45) is -1.22. The molecular weight excluding hydrogens is 453 g/mol. The number of imidazole rings is 1. The normalized spacial score (nSPS) is 12.0. The van der Waals surface area contributed by atoms with Crippen LogP contribution < -0.4 is 5.32 Å². The minimum absolute atomic E-state index is 0.175. The van der Waals surface area contributed by atoms with Crippen molar-refractivity contribution >= 4 is 39.3 Å². The molecule has 0 atom stereocenters. The summed E-state index contributed by atoms with van der Waals surface area (Å²) in [6, 6.07) is 9.31. The van der Waals surface area contributed by atoms with E-state index in [9.17, 15) is 18.0 Å². The quantitative estimate of drug-likeness (QED) is 0.416. The van der Waals surface area contributed by atoms with Crippen LogP contribution >= 0.6 is 11.3 Å². The number of carbonyl (C=O) groups is 1. The van der Waals surface area contributed by atoms with Crippen LogP contribution in [0.2, 0.25) is 0 Å². The third kappa shape index (κ3) is 3.63. The van der Waals surface area contributed by atoms with Gasteiger partial charge in [0.2, 0.25) is 0 Å². The SMILES string of the molecule is Cc1nc2c(c3cc(C(=O)NCc4ncccn4)ccc3n2-c2ccc(C(F)(F)F)s2)n1C. The van der Waals surface area contributed by atoms with Crippen molar-refractivity contribution in [1.82, 2.24) is 29.4 Å². The molecule has 5 rings (SSSR count). The molecule has 33 heavy (non-hydrogen) atoms. The van der Waals surface area contributed by atoms with Gasteiger partial charge in [0, 0.05) is 30.4 Å². The Morgan fingerprint density at radius 1 is 1.15 bits per heavy atom. The molecule has 1 aromatic carbocycles. The smallest absolute Gasteiger partial charge is 0.345 e. The molecule has 0 saturated carbocycles. The third-order valence-electron chi connectivity index (χ3n) is 5.38.